The summed E-state index contributed by atoms with van der Waals surface area (Å²) < 4.78 is 0. The molecule has 0 aliphatic carbocycles. The highest BCUT2D eigenvalue weighted by Crippen LogP contribution is 2.18. The van der Waals surface area contributed by atoms with Crippen LogP contribution in [0.3, 0.4) is 0 Å². The number of anilines is 2. The van der Waals surface area contributed by atoms with Crippen LogP contribution >= 0.6 is 0 Å². The molecule has 0 atom stereocenters. The Balaban J connectivity index is 1.63. The highest BCUT2D eigenvalue weighted by Gasteiger charge is 2.17. The van der Waals surface area contributed by atoms with Crippen molar-refractivity contribution in [2.24, 2.45) is 5.10 Å². The van der Waals surface area contributed by atoms with E-state index in [1.165, 1.54) is 36.5 Å². The number of amides is 3. The van der Waals surface area contributed by atoms with Crippen LogP contribution in [-0.2, 0) is 9.59 Å². The molecule has 0 radical (unpaired) electrons. The fourth-order valence-electron chi connectivity index (χ4n) is 2.74. The number of hydrogen-bond donors (Lipinski definition) is 3. The Kier molecular flexibility index (Phi) is 7.22. The van der Waals surface area contributed by atoms with Crippen LogP contribution in [0.4, 0.5) is 17.1 Å². The summed E-state index contributed by atoms with van der Waals surface area (Å²) in [4.78, 5) is 47.2. The number of aryl methyl sites for hydroxylation is 1. The third-order valence-corrected chi connectivity index (χ3v) is 4.40. The second-order valence-corrected chi connectivity index (χ2v) is 6.87. The fraction of sp³-hybridized carbons (Fsp3) is 0.0435. The first-order chi connectivity index (χ1) is 15.8. The predicted molar refractivity (Wildman–Crippen MR) is 123 cm³/mol. The molecule has 3 rings (SSSR count). The largest absolute Gasteiger partial charge is 0.329 e. The van der Waals surface area contributed by atoms with Crippen LogP contribution in [0.15, 0.2) is 77.9 Å². The molecule has 0 saturated heterocycles. The Morgan fingerprint density at radius 2 is 1.64 bits per heavy atom. The number of benzene rings is 3. The van der Waals surface area contributed by atoms with Crippen LogP contribution in [0.2, 0.25) is 0 Å². The third kappa shape index (κ3) is 6.31. The summed E-state index contributed by atoms with van der Waals surface area (Å²) in [5, 5.41) is 19.6. The van der Waals surface area contributed by atoms with Crippen molar-refractivity contribution in [1.82, 2.24) is 5.43 Å². The number of para-hydroxylation sites is 1. The summed E-state index contributed by atoms with van der Waals surface area (Å²) in [6.45, 7) is 1.93. The summed E-state index contributed by atoms with van der Waals surface area (Å²) in [5.41, 5.74) is 4.20. The minimum absolute atomic E-state index is 0.136. The third-order valence-electron chi connectivity index (χ3n) is 4.40. The van der Waals surface area contributed by atoms with Crippen molar-refractivity contribution in [1.29, 1.82) is 0 Å². The van der Waals surface area contributed by atoms with E-state index in [1.54, 1.807) is 30.3 Å². The van der Waals surface area contributed by atoms with Crippen LogP contribution in [-0.4, -0.2) is 28.9 Å². The molecule has 3 aromatic rings. The monoisotopic (exact) mass is 445 g/mol. The van der Waals surface area contributed by atoms with E-state index in [0.717, 1.165) is 5.56 Å². The number of carbonyl (C=O) groups excluding carboxylic acids is 3. The molecule has 0 aliphatic rings. The van der Waals surface area contributed by atoms with Crippen molar-refractivity contribution in [2.45, 2.75) is 6.92 Å². The lowest BCUT2D eigenvalue weighted by Crippen LogP contribution is -2.33. The molecule has 0 spiro atoms. The number of nitro groups is 1. The van der Waals surface area contributed by atoms with Crippen molar-refractivity contribution in [3.63, 3.8) is 0 Å². The summed E-state index contributed by atoms with van der Waals surface area (Å²) in [5.74, 6) is -2.58. The van der Waals surface area contributed by atoms with Gasteiger partial charge in [0.05, 0.1) is 22.4 Å². The number of carbonyl (C=O) groups is 3. The predicted octanol–water partition coefficient (Wildman–Crippen LogP) is 3.24. The lowest BCUT2D eigenvalue weighted by atomic mass is 10.1. The van der Waals surface area contributed by atoms with Gasteiger partial charge in [-0.2, -0.15) is 5.10 Å². The second kappa shape index (κ2) is 10.4. The molecule has 10 nitrogen and oxygen atoms in total. The lowest BCUT2D eigenvalue weighted by molar-refractivity contribution is -0.384. The van der Waals surface area contributed by atoms with Gasteiger partial charge in [-0.3, -0.25) is 24.5 Å². The van der Waals surface area contributed by atoms with E-state index in [2.05, 4.69) is 15.7 Å². The first kappa shape index (κ1) is 22.8. The number of nitrogens with zero attached hydrogens (tertiary/aromatic N) is 2. The first-order valence-electron chi connectivity index (χ1n) is 9.69. The highest BCUT2D eigenvalue weighted by molar-refractivity contribution is 6.40. The van der Waals surface area contributed by atoms with Gasteiger partial charge < -0.3 is 10.6 Å². The van der Waals surface area contributed by atoms with Gasteiger partial charge in [0.15, 0.2) is 0 Å². The average Bonchev–Trinajstić information content (AvgIpc) is 2.81. The average molecular weight is 445 g/mol. The summed E-state index contributed by atoms with van der Waals surface area (Å²) >= 11 is 0. The van der Waals surface area contributed by atoms with Crippen molar-refractivity contribution < 1.29 is 19.3 Å². The maximum Gasteiger partial charge on any atom is 0.329 e. The van der Waals surface area contributed by atoms with E-state index in [9.17, 15) is 24.5 Å². The van der Waals surface area contributed by atoms with E-state index >= 15 is 0 Å². The quantitative estimate of drug-likeness (QED) is 0.231. The first-order valence-corrected chi connectivity index (χ1v) is 9.69. The molecule has 33 heavy (non-hydrogen) atoms. The molecule has 166 valence electrons. The van der Waals surface area contributed by atoms with E-state index in [0.29, 0.717) is 11.3 Å². The fourth-order valence-corrected chi connectivity index (χ4v) is 2.74. The molecule has 0 heterocycles. The van der Waals surface area contributed by atoms with E-state index in [4.69, 9.17) is 0 Å². The molecule has 0 fully saturated rings. The molecule has 3 N–H and O–H groups in total. The molecule has 0 aliphatic heterocycles. The zero-order valence-electron chi connectivity index (χ0n) is 17.4. The van der Waals surface area contributed by atoms with Gasteiger partial charge in [0.2, 0.25) is 0 Å². The van der Waals surface area contributed by atoms with Crippen molar-refractivity contribution in [2.75, 3.05) is 10.6 Å². The Morgan fingerprint density at radius 3 is 2.36 bits per heavy atom. The smallest absolute Gasteiger partial charge is 0.322 e. The van der Waals surface area contributed by atoms with E-state index in [1.807, 2.05) is 24.5 Å². The zero-order chi connectivity index (χ0) is 23.8. The van der Waals surface area contributed by atoms with Gasteiger partial charge in [0.25, 0.3) is 11.6 Å². The standard InChI is InChI=1S/C23H19N5O5/c1-15-9-11-17(12-10-15)25-21(29)19-7-2-3-8-20(19)26-22(30)23(31)27-24-14-16-5-4-6-18(13-16)28(32)33/h2-14H,1H3,(H,25,29)(H,26,30)(H,27,31)/b24-14-. The van der Waals surface area contributed by atoms with Crippen LogP contribution in [0.5, 0.6) is 0 Å². The van der Waals surface area contributed by atoms with Crippen molar-refractivity contribution in [3.05, 3.63) is 99.6 Å². The Labute approximate surface area is 188 Å². The molecule has 10 heteroatoms. The van der Waals surface area contributed by atoms with Gasteiger partial charge in [-0.25, -0.2) is 5.43 Å². The number of hydrogen-bond acceptors (Lipinski definition) is 6. The van der Waals surface area contributed by atoms with E-state index < -0.39 is 22.6 Å². The number of rotatable bonds is 6. The summed E-state index contributed by atoms with van der Waals surface area (Å²) in [6, 6.07) is 19.0. The number of hydrazone groups is 1. The molecule has 0 unspecified atom stereocenters. The maximum absolute atomic E-state index is 12.6. The van der Waals surface area contributed by atoms with Crippen LogP contribution in [0.1, 0.15) is 21.5 Å². The summed E-state index contributed by atoms with van der Waals surface area (Å²) in [6.07, 6.45) is 1.17. The number of non-ortho nitro benzene ring substituents is 1. The normalized spacial score (nSPS) is 10.5. The maximum atomic E-state index is 12.6. The number of nitro benzene ring substituents is 1. The second-order valence-electron chi connectivity index (χ2n) is 6.87. The van der Waals surface area contributed by atoms with Gasteiger partial charge in [0.1, 0.15) is 0 Å². The minimum Gasteiger partial charge on any atom is -0.322 e. The van der Waals surface area contributed by atoms with Crippen molar-refractivity contribution in [3.8, 4) is 0 Å². The van der Waals surface area contributed by atoms with Gasteiger partial charge in [0, 0.05) is 23.4 Å². The van der Waals surface area contributed by atoms with Crippen molar-refractivity contribution >= 4 is 41.0 Å². The Hall–Kier alpha value is -4.86. The highest BCUT2D eigenvalue weighted by atomic mass is 16.6. The molecule has 3 aromatic carbocycles. The van der Waals surface area contributed by atoms with Gasteiger partial charge in [-0.05, 0) is 31.2 Å². The number of nitrogens with one attached hydrogen (secondary N) is 3. The Bertz CT molecular complexity index is 1240. The lowest BCUT2D eigenvalue weighted by Gasteiger charge is -2.11. The molecule has 0 bridgehead atoms. The summed E-state index contributed by atoms with van der Waals surface area (Å²) in [7, 11) is 0. The minimum atomic E-state index is -1.08. The van der Waals surface area contributed by atoms with Gasteiger partial charge in [-0.15, -0.1) is 0 Å². The van der Waals surface area contributed by atoms with Gasteiger partial charge >= 0.3 is 11.8 Å². The molecule has 0 saturated carbocycles. The molecular formula is C23H19N5O5. The zero-order valence-corrected chi connectivity index (χ0v) is 17.4. The van der Waals surface area contributed by atoms with Gasteiger partial charge in [-0.1, -0.05) is 42.0 Å². The SMILES string of the molecule is Cc1ccc(NC(=O)c2ccccc2NC(=O)C(=O)N/N=C\c2cccc([N+](=O)[O-])c2)cc1. The van der Waals surface area contributed by atoms with Crippen LogP contribution in [0, 0.1) is 17.0 Å². The van der Waals surface area contributed by atoms with Crippen LogP contribution in [0.25, 0.3) is 0 Å². The van der Waals surface area contributed by atoms with Crippen LogP contribution < -0.4 is 16.1 Å². The topological polar surface area (TPSA) is 143 Å². The van der Waals surface area contributed by atoms with E-state index in [-0.39, 0.29) is 16.9 Å². The molecule has 3 amide bonds. The molecule has 0 aromatic heterocycles. The Morgan fingerprint density at radius 1 is 0.909 bits per heavy atom. The molecular weight excluding hydrogens is 426 g/mol.